The topological polar surface area (TPSA) is 94.3 Å². The fraction of sp³-hybridized carbons (Fsp3) is 0.400. The average molecular weight is 553 g/mol. The Morgan fingerprint density at radius 2 is 1.97 bits per heavy atom. The van der Waals surface area contributed by atoms with Crippen LogP contribution >= 0.6 is 24.0 Å². The number of guanidine groups is 1. The maximum atomic E-state index is 12.8. The molecule has 1 heterocycles. The van der Waals surface area contributed by atoms with Crippen LogP contribution in [0.4, 0.5) is 8.78 Å². The monoisotopic (exact) mass is 553 g/mol. The predicted octanol–water partition coefficient (Wildman–Crippen LogP) is 3.86. The number of furan rings is 1. The molecule has 0 radical (unpaired) electrons. The number of rotatable bonds is 9. The van der Waals surface area contributed by atoms with Gasteiger partial charge in [0.2, 0.25) is 0 Å². The molecule has 8 nitrogen and oxygen atoms in total. The van der Waals surface area contributed by atoms with Crippen LogP contribution in [-0.2, 0) is 17.8 Å². The van der Waals surface area contributed by atoms with Gasteiger partial charge in [-0.3, -0.25) is 4.99 Å². The summed E-state index contributed by atoms with van der Waals surface area (Å²) in [6, 6.07) is 6.49. The summed E-state index contributed by atoms with van der Waals surface area (Å²) in [4.78, 5) is 15.8. The van der Waals surface area contributed by atoms with E-state index in [1.54, 1.807) is 45.2 Å². The van der Waals surface area contributed by atoms with E-state index in [1.807, 2.05) is 0 Å². The SMILES string of the molecule is CCOc1cccc(CNC(=NC)NCc2cc(C(=O)OC)c(C)o2)c1OC(F)F.I. The number of carbonyl (C=O) groups is 1. The zero-order valence-corrected chi connectivity index (χ0v) is 20.0. The van der Waals surface area contributed by atoms with Crippen LogP contribution in [0.2, 0.25) is 0 Å². The molecule has 11 heteroatoms. The van der Waals surface area contributed by atoms with Crippen molar-refractivity contribution in [1.82, 2.24) is 10.6 Å². The Balaban J connectivity index is 0.00000480. The van der Waals surface area contributed by atoms with Crippen LogP contribution < -0.4 is 20.1 Å². The highest BCUT2D eigenvalue weighted by Gasteiger charge is 2.17. The molecule has 31 heavy (non-hydrogen) atoms. The molecule has 0 amide bonds. The smallest absolute Gasteiger partial charge is 0.387 e. The lowest BCUT2D eigenvalue weighted by atomic mass is 10.2. The number of nitrogens with one attached hydrogen (secondary N) is 2. The number of benzene rings is 1. The molecule has 0 spiro atoms. The quantitative estimate of drug-likeness (QED) is 0.211. The maximum absolute atomic E-state index is 12.8. The Morgan fingerprint density at radius 1 is 1.26 bits per heavy atom. The van der Waals surface area contributed by atoms with Gasteiger partial charge in [-0.25, -0.2) is 4.79 Å². The summed E-state index contributed by atoms with van der Waals surface area (Å²) >= 11 is 0. The van der Waals surface area contributed by atoms with Crippen LogP contribution in [0.1, 0.15) is 34.4 Å². The first-order chi connectivity index (χ1) is 14.4. The fourth-order valence-electron chi connectivity index (χ4n) is 2.71. The first-order valence-corrected chi connectivity index (χ1v) is 9.21. The number of halogens is 3. The normalized spacial score (nSPS) is 11.0. The van der Waals surface area contributed by atoms with E-state index < -0.39 is 12.6 Å². The number of alkyl halides is 2. The minimum Gasteiger partial charge on any atom is -0.490 e. The second kappa shape index (κ2) is 13.0. The number of aliphatic imine (C=N–C) groups is 1. The molecule has 0 saturated heterocycles. The molecule has 0 bridgehead atoms. The molecule has 2 N–H and O–H groups in total. The molecule has 2 aromatic rings. The number of hydrogen-bond acceptors (Lipinski definition) is 6. The summed E-state index contributed by atoms with van der Waals surface area (Å²) < 4.78 is 45.9. The van der Waals surface area contributed by atoms with Crippen molar-refractivity contribution >= 4 is 35.9 Å². The Morgan fingerprint density at radius 3 is 2.58 bits per heavy atom. The van der Waals surface area contributed by atoms with E-state index in [0.29, 0.717) is 35.2 Å². The number of aryl methyl sites for hydroxylation is 1. The first-order valence-electron chi connectivity index (χ1n) is 9.21. The van der Waals surface area contributed by atoms with Gasteiger partial charge in [0.25, 0.3) is 0 Å². The average Bonchev–Trinajstić information content (AvgIpc) is 3.09. The van der Waals surface area contributed by atoms with Crippen molar-refractivity contribution in [3.8, 4) is 11.5 Å². The molecule has 172 valence electrons. The van der Waals surface area contributed by atoms with Gasteiger partial charge in [0.15, 0.2) is 17.5 Å². The Hall–Kier alpha value is -2.57. The predicted molar refractivity (Wildman–Crippen MR) is 121 cm³/mol. The number of methoxy groups -OCH3 is 1. The molecular weight excluding hydrogens is 527 g/mol. The second-order valence-corrected chi connectivity index (χ2v) is 6.01. The number of carbonyl (C=O) groups excluding carboxylic acids is 1. The lowest BCUT2D eigenvalue weighted by Gasteiger charge is -2.17. The highest BCUT2D eigenvalue weighted by atomic mass is 127. The molecule has 1 aromatic heterocycles. The maximum Gasteiger partial charge on any atom is 0.387 e. The lowest BCUT2D eigenvalue weighted by Crippen LogP contribution is -2.36. The van der Waals surface area contributed by atoms with Crippen molar-refractivity contribution in [3.05, 3.63) is 46.9 Å². The van der Waals surface area contributed by atoms with Crippen LogP contribution in [-0.4, -0.2) is 39.3 Å². The molecule has 0 fully saturated rings. The van der Waals surface area contributed by atoms with Gasteiger partial charge in [-0.1, -0.05) is 12.1 Å². The highest BCUT2D eigenvalue weighted by molar-refractivity contribution is 14.0. The first kappa shape index (κ1) is 26.5. The number of ether oxygens (including phenoxy) is 3. The van der Waals surface area contributed by atoms with Gasteiger partial charge >= 0.3 is 12.6 Å². The number of esters is 1. The summed E-state index contributed by atoms with van der Waals surface area (Å²) in [6.07, 6.45) is 0. The molecule has 0 saturated carbocycles. The Kier molecular flexibility index (Phi) is 11.1. The summed E-state index contributed by atoms with van der Waals surface area (Å²) in [5.74, 6) is 1.08. The van der Waals surface area contributed by atoms with Gasteiger partial charge < -0.3 is 29.3 Å². The van der Waals surface area contributed by atoms with Gasteiger partial charge in [-0.05, 0) is 26.0 Å². The largest absolute Gasteiger partial charge is 0.490 e. The van der Waals surface area contributed by atoms with Crippen LogP contribution in [0.25, 0.3) is 0 Å². The Labute approximate surface area is 196 Å². The zero-order chi connectivity index (χ0) is 22.1. The van der Waals surface area contributed by atoms with Crippen molar-refractivity contribution in [2.75, 3.05) is 20.8 Å². The summed E-state index contributed by atoms with van der Waals surface area (Å²) in [7, 11) is 2.86. The van der Waals surface area contributed by atoms with Crippen LogP contribution in [0.3, 0.4) is 0 Å². The molecule has 1 aromatic carbocycles. The lowest BCUT2D eigenvalue weighted by molar-refractivity contribution is -0.0520. The summed E-state index contributed by atoms with van der Waals surface area (Å²) in [6.45, 7) is 1.16. The van der Waals surface area contributed by atoms with Crippen molar-refractivity contribution in [3.63, 3.8) is 0 Å². The van der Waals surface area contributed by atoms with Crippen LogP contribution in [0.15, 0.2) is 33.7 Å². The number of hydrogen-bond donors (Lipinski definition) is 2. The van der Waals surface area contributed by atoms with Crippen molar-refractivity contribution in [2.24, 2.45) is 4.99 Å². The van der Waals surface area contributed by atoms with E-state index in [9.17, 15) is 13.6 Å². The van der Waals surface area contributed by atoms with Gasteiger partial charge in [-0.15, -0.1) is 24.0 Å². The number of para-hydroxylation sites is 1. The highest BCUT2D eigenvalue weighted by Crippen LogP contribution is 2.32. The van der Waals surface area contributed by atoms with E-state index in [4.69, 9.17) is 13.9 Å². The molecular formula is C20H26F2IN3O5. The number of nitrogens with zero attached hydrogens (tertiary/aromatic N) is 1. The van der Waals surface area contributed by atoms with E-state index in [2.05, 4.69) is 20.4 Å². The van der Waals surface area contributed by atoms with E-state index in [1.165, 1.54) is 7.11 Å². The van der Waals surface area contributed by atoms with E-state index >= 15 is 0 Å². The van der Waals surface area contributed by atoms with Crippen molar-refractivity contribution in [1.29, 1.82) is 0 Å². The van der Waals surface area contributed by atoms with Gasteiger partial charge in [-0.2, -0.15) is 8.78 Å². The standard InChI is InChI=1S/C20H25F2N3O5.HI/c1-5-28-16-8-6-7-13(17(16)30-19(21)22)10-24-20(23-3)25-11-14-9-15(12(2)29-14)18(26)27-4;/h6-9,19H,5,10-11H2,1-4H3,(H2,23,24,25);1H. The van der Waals surface area contributed by atoms with Gasteiger partial charge in [0.1, 0.15) is 17.1 Å². The summed E-state index contributed by atoms with van der Waals surface area (Å²) in [5, 5.41) is 6.05. The molecule has 0 aliphatic carbocycles. The third-order valence-corrected chi connectivity index (χ3v) is 4.04. The molecule has 2 rings (SSSR count). The Bertz CT molecular complexity index is 890. The second-order valence-electron chi connectivity index (χ2n) is 6.01. The van der Waals surface area contributed by atoms with E-state index in [0.717, 1.165) is 0 Å². The zero-order valence-electron chi connectivity index (χ0n) is 17.7. The minimum atomic E-state index is -2.98. The van der Waals surface area contributed by atoms with Gasteiger partial charge in [0, 0.05) is 19.2 Å². The van der Waals surface area contributed by atoms with Crippen molar-refractivity contribution < 1.29 is 32.2 Å². The molecule has 0 aliphatic heterocycles. The van der Waals surface area contributed by atoms with E-state index in [-0.39, 0.29) is 48.6 Å². The fourth-order valence-corrected chi connectivity index (χ4v) is 2.71. The third kappa shape index (κ3) is 7.56. The molecule has 0 atom stereocenters. The minimum absolute atomic E-state index is 0. The molecule has 0 aliphatic rings. The van der Waals surface area contributed by atoms with Crippen molar-refractivity contribution in [2.45, 2.75) is 33.5 Å². The van der Waals surface area contributed by atoms with Gasteiger partial charge in [0.05, 0.1) is 20.3 Å². The molecule has 0 unspecified atom stereocenters. The summed E-state index contributed by atoms with van der Waals surface area (Å²) in [5.41, 5.74) is 0.824. The van der Waals surface area contributed by atoms with Crippen LogP contribution in [0.5, 0.6) is 11.5 Å². The van der Waals surface area contributed by atoms with Crippen LogP contribution in [0, 0.1) is 6.92 Å². The third-order valence-electron chi connectivity index (χ3n) is 4.04.